The molecule has 0 bridgehead atoms. The molecule has 2 amide bonds. The third-order valence-corrected chi connectivity index (χ3v) is 5.69. The van der Waals surface area contributed by atoms with Crippen molar-refractivity contribution in [2.75, 3.05) is 37.6 Å². The first-order chi connectivity index (χ1) is 15.5. The molecule has 164 valence electrons. The lowest BCUT2D eigenvalue weighted by Crippen LogP contribution is -2.49. The van der Waals surface area contributed by atoms with E-state index >= 15 is 0 Å². The number of fused-ring (bicyclic) bond motifs is 1. The summed E-state index contributed by atoms with van der Waals surface area (Å²) in [5.41, 5.74) is 1.21. The number of carbonyl (C=O) groups is 2. The van der Waals surface area contributed by atoms with E-state index in [1.807, 2.05) is 41.3 Å². The molecule has 8 nitrogen and oxygen atoms in total. The fraction of sp³-hybridized carbons (Fsp3) is 0.250. The van der Waals surface area contributed by atoms with Crippen LogP contribution < -0.4 is 10.2 Å². The Bertz CT molecular complexity index is 1160. The Morgan fingerprint density at radius 2 is 1.59 bits per heavy atom. The molecule has 1 heterocycles. The van der Waals surface area contributed by atoms with E-state index in [-0.39, 0.29) is 35.4 Å². The van der Waals surface area contributed by atoms with Crippen LogP contribution in [-0.2, 0) is 4.79 Å². The fourth-order valence-corrected chi connectivity index (χ4v) is 3.96. The van der Waals surface area contributed by atoms with E-state index in [2.05, 4.69) is 5.32 Å². The number of hydrogen-bond donors (Lipinski definition) is 1. The van der Waals surface area contributed by atoms with Gasteiger partial charge in [-0.25, -0.2) is 0 Å². The normalized spacial score (nSPS) is 13.8. The van der Waals surface area contributed by atoms with Gasteiger partial charge in [-0.2, -0.15) is 0 Å². The van der Waals surface area contributed by atoms with Gasteiger partial charge in [-0.05, 0) is 29.0 Å². The molecule has 32 heavy (non-hydrogen) atoms. The van der Waals surface area contributed by atoms with Gasteiger partial charge in [0, 0.05) is 50.8 Å². The van der Waals surface area contributed by atoms with E-state index < -0.39 is 0 Å². The van der Waals surface area contributed by atoms with Crippen LogP contribution in [0.3, 0.4) is 0 Å². The van der Waals surface area contributed by atoms with Crippen molar-refractivity contribution < 1.29 is 14.5 Å². The van der Waals surface area contributed by atoms with Crippen LogP contribution in [0.5, 0.6) is 0 Å². The van der Waals surface area contributed by atoms with Crippen molar-refractivity contribution in [3.8, 4) is 0 Å². The highest BCUT2D eigenvalue weighted by atomic mass is 16.6. The maximum Gasteiger partial charge on any atom is 0.292 e. The monoisotopic (exact) mass is 432 g/mol. The number of nitro benzene ring substituents is 1. The topological polar surface area (TPSA) is 95.8 Å². The van der Waals surface area contributed by atoms with Gasteiger partial charge < -0.3 is 15.1 Å². The molecule has 0 saturated carbocycles. The number of para-hydroxylation sites is 2. The number of anilines is 1. The molecule has 8 heteroatoms. The highest BCUT2D eigenvalue weighted by Crippen LogP contribution is 2.28. The lowest BCUT2D eigenvalue weighted by atomic mass is 10.1. The zero-order valence-electron chi connectivity index (χ0n) is 17.6. The molecule has 1 aliphatic rings. The Kier molecular flexibility index (Phi) is 6.30. The van der Waals surface area contributed by atoms with Gasteiger partial charge >= 0.3 is 0 Å². The number of rotatable bonds is 6. The number of amides is 2. The smallest absolute Gasteiger partial charge is 0.292 e. The zero-order chi connectivity index (χ0) is 22.5. The first-order valence-electron chi connectivity index (χ1n) is 10.6. The van der Waals surface area contributed by atoms with Crippen molar-refractivity contribution in [1.82, 2.24) is 10.2 Å². The SMILES string of the molecule is O=C(NCCC(=O)N1CCN(c2ccccc2[N+](=O)[O-])CC1)c1ccc2ccccc2c1. The first-order valence-corrected chi connectivity index (χ1v) is 10.6. The summed E-state index contributed by atoms with van der Waals surface area (Å²) in [5, 5.41) is 16.1. The number of benzene rings is 3. The van der Waals surface area contributed by atoms with Crippen LogP contribution in [-0.4, -0.2) is 54.4 Å². The number of hydrogen-bond acceptors (Lipinski definition) is 5. The minimum absolute atomic E-state index is 0.0361. The average molecular weight is 432 g/mol. The third-order valence-electron chi connectivity index (χ3n) is 5.69. The van der Waals surface area contributed by atoms with E-state index in [0.29, 0.717) is 37.4 Å². The van der Waals surface area contributed by atoms with Crippen molar-refractivity contribution in [3.63, 3.8) is 0 Å². The van der Waals surface area contributed by atoms with Crippen molar-refractivity contribution >= 4 is 34.0 Å². The number of nitro groups is 1. The standard InChI is InChI=1S/C24H24N4O4/c29-23(11-12-25-24(30)20-10-9-18-5-1-2-6-19(18)17-20)27-15-13-26(14-16-27)21-7-3-4-8-22(21)28(31)32/h1-10,17H,11-16H2,(H,25,30). The largest absolute Gasteiger partial charge is 0.362 e. The fourth-order valence-electron chi connectivity index (χ4n) is 3.96. The van der Waals surface area contributed by atoms with Gasteiger partial charge in [-0.3, -0.25) is 19.7 Å². The van der Waals surface area contributed by atoms with Gasteiger partial charge in [-0.15, -0.1) is 0 Å². The van der Waals surface area contributed by atoms with Crippen LogP contribution in [0.25, 0.3) is 10.8 Å². The van der Waals surface area contributed by atoms with E-state index in [0.717, 1.165) is 10.8 Å². The summed E-state index contributed by atoms with van der Waals surface area (Å²) in [6.07, 6.45) is 0.213. The summed E-state index contributed by atoms with van der Waals surface area (Å²) in [5.74, 6) is -0.240. The highest BCUT2D eigenvalue weighted by Gasteiger charge is 2.25. The maximum atomic E-state index is 12.6. The second-order valence-electron chi connectivity index (χ2n) is 7.68. The average Bonchev–Trinajstić information content (AvgIpc) is 2.83. The minimum Gasteiger partial charge on any atom is -0.362 e. The summed E-state index contributed by atoms with van der Waals surface area (Å²) < 4.78 is 0. The molecule has 0 aromatic heterocycles. The highest BCUT2D eigenvalue weighted by molar-refractivity contribution is 5.98. The number of nitrogens with zero attached hydrogens (tertiary/aromatic N) is 3. The Labute approximate surface area is 185 Å². The van der Waals surface area contributed by atoms with Crippen LogP contribution in [0.4, 0.5) is 11.4 Å². The predicted molar refractivity (Wildman–Crippen MR) is 123 cm³/mol. The van der Waals surface area contributed by atoms with Gasteiger partial charge in [0.2, 0.25) is 5.91 Å². The second-order valence-corrected chi connectivity index (χ2v) is 7.68. The summed E-state index contributed by atoms with van der Waals surface area (Å²) in [4.78, 5) is 39.5. The lowest BCUT2D eigenvalue weighted by Gasteiger charge is -2.35. The first kappa shape index (κ1) is 21.3. The van der Waals surface area contributed by atoms with E-state index in [4.69, 9.17) is 0 Å². The molecule has 0 unspecified atom stereocenters. The summed E-state index contributed by atoms with van der Waals surface area (Å²) in [7, 11) is 0. The van der Waals surface area contributed by atoms with Crippen molar-refractivity contribution in [2.24, 2.45) is 0 Å². The zero-order valence-corrected chi connectivity index (χ0v) is 17.6. The molecule has 1 aliphatic heterocycles. The Morgan fingerprint density at radius 3 is 2.34 bits per heavy atom. The number of nitrogens with one attached hydrogen (secondary N) is 1. The molecular weight excluding hydrogens is 408 g/mol. The quantitative estimate of drug-likeness (QED) is 0.477. The maximum absolute atomic E-state index is 12.6. The van der Waals surface area contributed by atoms with Crippen LogP contribution in [0.15, 0.2) is 66.7 Å². The second kappa shape index (κ2) is 9.47. The van der Waals surface area contributed by atoms with Gasteiger partial charge in [0.05, 0.1) is 4.92 Å². The molecule has 0 spiro atoms. The Hall–Kier alpha value is -3.94. The summed E-state index contributed by atoms with van der Waals surface area (Å²) in [6, 6.07) is 20.0. The van der Waals surface area contributed by atoms with Gasteiger partial charge in [0.1, 0.15) is 5.69 Å². The molecule has 0 atom stereocenters. The minimum atomic E-state index is -0.384. The van der Waals surface area contributed by atoms with E-state index in [1.165, 1.54) is 6.07 Å². The Balaban J connectivity index is 1.26. The van der Waals surface area contributed by atoms with Crippen LogP contribution in [0, 0.1) is 10.1 Å². The van der Waals surface area contributed by atoms with Crippen molar-refractivity contribution in [2.45, 2.75) is 6.42 Å². The lowest BCUT2D eigenvalue weighted by molar-refractivity contribution is -0.384. The third kappa shape index (κ3) is 4.69. The number of carbonyl (C=O) groups excluding carboxylic acids is 2. The van der Waals surface area contributed by atoms with E-state index in [9.17, 15) is 19.7 Å². The number of piperazine rings is 1. The van der Waals surface area contributed by atoms with Crippen molar-refractivity contribution in [3.05, 3.63) is 82.4 Å². The van der Waals surface area contributed by atoms with Gasteiger partial charge in [0.25, 0.3) is 11.6 Å². The molecule has 0 radical (unpaired) electrons. The molecule has 4 rings (SSSR count). The van der Waals surface area contributed by atoms with Gasteiger partial charge in [0.15, 0.2) is 0 Å². The summed E-state index contributed by atoms with van der Waals surface area (Å²) >= 11 is 0. The van der Waals surface area contributed by atoms with Crippen molar-refractivity contribution in [1.29, 1.82) is 0 Å². The van der Waals surface area contributed by atoms with E-state index in [1.54, 1.807) is 29.2 Å². The molecule has 0 aliphatic carbocycles. The molecule has 3 aromatic rings. The molecule has 1 N–H and O–H groups in total. The predicted octanol–water partition coefficient (Wildman–Crippen LogP) is 3.22. The molecule has 1 saturated heterocycles. The van der Waals surface area contributed by atoms with Gasteiger partial charge in [-0.1, -0.05) is 42.5 Å². The Morgan fingerprint density at radius 1 is 0.906 bits per heavy atom. The van der Waals surface area contributed by atoms with Crippen LogP contribution in [0.1, 0.15) is 16.8 Å². The van der Waals surface area contributed by atoms with Crippen LogP contribution in [0.2, 0.25) is 0 Å². The molecule has 3 aromatic carbocycles. The summed E-state index contributed by atoms with van der Waals surface area (Å²) in [6.45, 7) is 2.29. The molecular formula is C24H24N4O4. The van der Waals surface area contributed by atoms with Crippen LogP contribution >= 0.6 is 0 Å². The molecule has 1 fully saturated rings.